The summed E-state index contributed by atoms with van der Waals surface area (Å²) >= 11 is 0. The van der Waals surface area contributed by atoms with E-state index in [2.05, 4.69) is 24.1 Å². The van der Waals surface area contributed by atoms with Crippen molar-refractivity contribution in [2.24, 2.45) is 0 Å². The van der Waals surface area contributed by atoms with Crippen LogP contribution in [0.3, 0.4) is 0 Å². The van der Waals surface area contributed by atoms with Crippen LogP contribution >= 0.6 is 0 Å². The minimum atomic E-state index is -0.637. The number of para-hydroxylation sites is 1. The maximum absolute atomic E-state index is 12.8. The Morgan fingerprint density at radius 1 is 1.10 bits per heavy atom. The molecular weight excluding hydrogens is 368 g/mol. The highest BCUT2D eigenvalue weighted by molar-refractivity contribution is 5.96. The van der Waals surface area contributed by atoms with Crippen molar-refractivity contribution in [3.05, 3.63) is 76.1 Å². The molecule has 0 fully saturated rings. The molecule has 3 rings (SSSR count). The lowest BCUT2D eigenvalue weighted by Crippen LogP contribution is -2.39. The van der Waals surface area contributed by atoms with E-state index in [1.165, 1.54) is 0 Å². The zero-order valence-electron chi connectivity index (χ0n) is 17.0. The minimum absolute atomic E-state index is 0.00707. The Bertz CT molecular complexity index is 1040. The molecule has 0 saturated heterocycles. The number of ether oxygens (including phenoxy) is 1. The van der Waals surface area contributed by atoms with E-state index in [9.17, 15) is 9.59 Å². The standard InChI is InChI=1S/C23H26N2O4/c1-4-25(5-2)20(16-10-8-11-18(13-16)28-3)15-24-22(26)19-14-17-9-6-7-12-21(17)29-23(19)27/h6-14,20H,4-5,15H2,1-3H3,(H,24,26). The summed E-state index contributed by atoms with van der Waals surface area (Å²) in [6.07, 6.45) is 0. The number of nitrogens with one attached hydrogen (secondary N) is 1. The van der Waals surface area contributed by atoms with Crippen LogP contribution in [0, 0.1) is 0 Å². The van der Waals surface area contributed by atoms with Crippen LogP contribution in [0.15, 0.2) is 63.8 Å². The molecule has 0 radical (unpaired) electrons. The summed E-state index contributed by atoms with van der Waals surface area (Å²) in [6, 6.07) is 16.5. The molecule has 6 nitrogen and oxygen atoms in total. The molecule has 0 spiro atoms. The second-order valence-corrected chi connectivity index (χ2v) is 6.71. The van der Waals surface area contributed by atoms with Crippen molar-refractivity contribution in [1.29, 1.82) is 0 Å². The van der Waals surface area contributed by atoms with Crippen molar-refractivity contribution in [2.75, 3.05) is 26.7 Å². The molecule has 1 heterocycles. The fraction of sp³-hybridized carbons (Fsp3) is 0.304. The van der Waals surface area contributed by atoms with E-state index in [1.54, 1.807) is 25.3 Å². The van der Waals surface area contributed by atoms with E-state index in [4.69, 9.17) is 9.15 Å². The monoisotopic (exact) mass is 394 g/mol. The molecule has 1 N–H and O–H groups in total. The highest BCUT2D eigenvalue weighted by Crippen LogP contribution is 2.24. The first-order valence-electron chi connectivity index (χ1n) is 9.76. The zero-order chi connectivity index (χ0) is 20.8. The van der Waals surface area contributed by atoms with E-state index in [0.29, 0.717) is 17.5 Å². The highest BCUT2D eigenvalue weighted by Gasteiger charge is 2.21. The van der Waals surface area contributed by atoms with Gasteiger partial charge in [0.05, 0.1) is 13.2 Å². The second-order valence-electron chi connectivity index (χ2n) is 6.71. The smallest absolute Gasteiger partial charge is 0.349 e. The summed E-state index contributed by atoms with van der Waals surface area (Å²) in [7, 11) is 1.63. The van der Waals surface area contributed by atoms with Crippen LogP contribution in [0.1, 0.15) is 35.8 Å². The fourth-order valence-corrected chi connectivity index (χ4v) is 3.48. The number of hydrogen-bond donors (Lipinski definition) is 1. The number of nitrogens with zero attached hydrogens (tertiary/aromatic N) is 1. The van der Waals surface area contributed by atoms with Crippen molar-refractivity contribution in [3.8, 4) is 5.75 Å². The molecule has 0 saturated carbocycles. The normalized spacial score (nSPS) is 12.1. The average Bonchev–Trinajstić information content (AvgIpc) is 2.76. The molecular formula is C23H26N2O4. The third kappa shape index (κ3) is 4.66. The number of benzene rings is 2. The number of carbonyl (C=O) groups is 1. The molecule has 29 heavy (non-hydrogen) atoms. The Morgan fingerprint density at radius 2 is 1.86 bits per heavy atom. The van der Waals surface area contributed by atoms with Gasteiger partial charge in [-0.15, -0.1) is 0 Å². The molecule has 0 bridgehead atoms. The number of hydrogen-bond acceptors (Lipinski definition) is 5. The van der Waals surface area contributed by atoms with Gasteiger partial charge in [0.25, 0.3) is 5.91 Å². The molecule has 1 aromatic heterocycles. The Labute approximate surface area is 170 Å². The lowest BCUT2D eigenvalue weighted by atomic mass is 10.0. The van der Waals surface area contributed by atoms with Gasteiger partial charge in [0, 0.05) is 11.9 Å². The van der Waals surface area contributed by atoms with Gasteiger partial charge in [0.15, 0.2) is 0 Å². The van der Waals surface area contributed by atoms with Crippen LogP contribution in [0.5, 0.6) is 5.75 Å². The number of fused-ring (bicyclic) bond motifs is 1. The molecule has 1 atom stereocenters. The van der Waals surface area contributed by atoms with Gasteiger partial charge in [0.1, 0.15) is 16.9 Å². The minimum Gasteiger partial charge on any atom is -0.497 e. The molecule has 0 aliphatic carbocycles. The molecule has 2 aromatic carbocycles. The third-order valence-electron chi connectivity index (χ3n) is 5.07. The number of likely N-dealkylation sites (N-methyl/N-ethyl adjacent to an activating group) is 1. The first-order chi connectivity index (χ1) is 14.1. The first-order valence-corrected chi connectivity index (χ1v) is 9.76. The second kappa shape index (κ2) is 9.39. The summed E-state index contributed by atoms with van der Waals surface area (Å²) in [4.78, 5) is 27.3. The van der Waals surface area contributed by atoms with Crippen molar-refractivity contribution in [2.45, 2.75) is 19.9 Å². The van der Waals surface area contributed by atoms with Gasteiger partial charge in [-0.25, -0.2) is 4.79 Å². The number of amides is 1. The molecule has 3 aromatic rings. The van der Waals surface area contributed by atoms with E-state index in [1.807, 2.05) is 36.4 Å². The Hall–Kier alpha value is -3.12. The van der Waals surface area contributed by atoms with Gasteiger partial charge in [-0.2, -0.15) is 0 Å². The molecule has 0 aliphatic rings. The van der Waals surface area contributed by atoms with E-state index < -0.39 is 11.5 Å². The number of carbonyl (C=O) groups excluding carboxylic acids is 1. The van der Waals surface area contributed by atoms with E-state index in [0.717, 1.165) is 24.4 Å². The SMILES string of the molecule is CCN(CC)C(CNC(=O)c1cc2ccccc2oc1=O)c1cccc(OC)c1. The summed E-state index contributed by atoms with van der Waals surface area (Å²) in [5.41, 5.74) is 0.875. The van der Waals surface area contributed by atoms with E-state index in [-0.39, 0.29) is 11.6 Å². The third-order valence-corrected chi connectivity index (χ3v) is 5.07. The van der Waals surface area contributed by atoms with Gasteiger partial charge < -0.3 is 14.5 Å². The van der Waals surface area contributed by atoms with E-state index >= 15 is 0 Å². The lowest BCUT2D eigenvalue weighted by molar-refractivity contribution is 0.0931. The Morgan fingerprint density at radius 3 is 2.59 bits per heavy atom. The molecule has 6 heteroatoms. The van der Waals surface area contributed by atoms with Crippen LogP contribution in [0.25, 0.3) is 11.0 Å². The maximum Gasteiger partial charge on any atom is 0.349 e. The maximum atomic E-state index is 12.8. The first kappa shape index (κ1) is 20.6. The fourth-order valence-electron chi connectivity index (χ4n) is 3.48. The predicted octanol–water partition coefficient (Wildman–Crippen LogP) is 3.61. The van der Waals surface area contributed by atoms with Gasteiger partial charge in [-0.1, -0.05) is 44.2 Å². The van der Waals surface area contributed by atoms with Crippen molar-refractivity contribution in [3.63, 3.8) is 0 Å². The molecule has 0 aliphatic heterocycles. The zero-order valence-corrected chi connectivity index (χ0v) is 17.0. The van der Waals surface area contributed by atoms with Crippen LogP contribution in [-0.2, 0) is 0 Å². The van der Waals surface area contributed by atoms with Gasteiger partial charge in [-0.3, -0.25) is 9.69 Å². The van der Waals surface area contributed by atoms with Crippen LogP contribution in [0.2, 0.25) is 0 Å². The highest BCUT2D eigenvalue weighted by atomic mass is 16.5. The molecule has 1 amide bonds. The number of rotatable bonds is 8. The van der Waals surface area contributed by atoms with Gasteiger partial charge in [-0.05, 0) is 42.9 Å². The van der Waals surface area contributed by atoms with Crippen LogP contribution in [-0.4, -0.2) is 37.6 Å². The predicted molar refractivity (Wildman–Crippen MR) is 113 cm³/mol. The summed E-state index contributed by atoms with van der Waals surface area (Å²) in [6.45, 7) is 6.17. The van der Waals surface area contributed by atoms with Crippen molar-refractivity contribution >= 4 is 16.9 Å². The lowest BCUT2D eigenvalue weighted by Gasteiger charge is -2.30. The summed E-state index contributed by atoms with van der Waals surface area (Å²) < 4.78 is 10.6. The quantitative estimate of drug-likeness (QED) is 0.591. The van der Waals surface area contributed by atoms with Crippen LogP contribution in [0.4, 0.5) is 0 Å². The van der Waals surface area contributed by atoms with Crippen molar-refractivity contribution in [1.82, 2.24) is 10.2 Å². The molecule has 1 unspecified atom stereocenters. The Balaban J connectivity index is 1.84. The Kier molecular flexibility index (Phi) is 6.67. The molecule has 152 valence electrons. The summed E-state index contributed by atoms with van der Waals surface area (Å²) in [5, 5.41) is 3.62. The van der Waals surface area contributed by atoms with Gasteiger partial charge >= 0.3 is 5.63 Å². The number of methoxy groups -OCH3 is 1. The summed E-state index contributed by atoms with van der Waals surface area (Å²) in [5.74, 6) is 0.325. The van der Waals surface area contributed by atoms with Gasteiger partial charge in [0.2, 0.25) is 0 Å². The van der Waals surface area contributed by atoms with Crippen molar-refractivity contribution < 1.29 is 13.9 Å². The van der Waals surface area contributed by atoms with Crippen LogP contribution < -0.4 is 15.7 Å². The average molecular weight is 394 g/mol. The largest absolute Gasteiger partial charge is 0.497 e. The topological polar surface area (TPSA) is 71.8 Å².